The highest BCUT2D eigenvalue weighted by Crippen LogP contribution is 2.27. The van der Waals surface area contributed by atoms with Crippen LogP contribution in [0.15, 0.2) is 40.9 Å². The number of hydrogen-bond donors (Lipinski definition) is 1. The molecule has 0 saturated heterocycles. The highest BCUT2D eigenvalue weighted by atomic mass is 32.1. The molecule has 10 heteroatoms. The van der Waals surface area contributed by atoms with Crippen LogP contribution in [0.2, 0.25) is 0 Å². The lowest BCUT2D eigenvalue weighted by molar-refractivity contribution is -0.138. The number of carbonyl (C=O) groups excluding carboxylic acids is 1. The molecule has 126 valence electrons. The van der Waals surface area contributed by atoms with Gasteiger partial charge < -0.3 is 9.88 Å². The second-order valence-corrected chi connectivity index (χ2v) is 5.86. The maximum Gasteiger partial charge on any atom is 0.417 e. The number of hydrogen-bond acceptors (Lipinski definition) is 4. The number of thiazole rings is 1. The molecule has 0 aliphatic carbocycles. The summed E-state index contributed by atoms with van der Waals surface area (Å²) in [4.78, 5) is 28.5. The van der Waals surface area contributed by atoms with Gasteiger partial charge in [0, 0.05) is 30.0 Å². The van der Waals surface area contributed by atoms with Crippen molar-refractivity contribution in [2.45, 2.75) is 19.3 Å². The van der Waals surface area contributed by atoms with Crippen LogP contribution in [0.4, 0.5) is 13.2 Å². The van der Waals surface area contributed by atoms with Gasteiger partial charge in [0.1, 0.15) is 6.54 Å². The van der Waals surface area contributed by atoms with E-state index in [9.17, 15) is 22.8 Å². The number of aromatic nitrogens is 3. The molecule has 3 rings (SSSR count). The third-order valence-electron chi connectivity index (χ3n) is 3.23. The fourth-order valence-electron chi connectivity index (χ4n) is 2.08. The highest BCUT2D eigenvalue weighted by Gasteiger charge is 2.31. The van der Waals surface area contributed by atoms with Gasteiger partial charge in [-0.05, 0) is 6.07 Å². The van der Waals surface area contributed by atoms with Crippen molar-refractivity contribution in [3.8, 4) is 0 Å². The summed E-state index contributed by atoms with van der Waals surface area (Å²) in [5, 5.41) is 4.40. The minimum absolute atomic E-state index is 0.126. The summed E-state index contributed by atoms with van der Waals surface area (Å²) in [5.74, 6) is -0.576. The molecular weight excluding hydrogens is 345 g/mol. The Kier molecular flexibility index (Phi) is 4.14. The zero-order valence-electron chi connectivity index (χ0n) is 12.1. The van der Waals surface area contributed by atoms with Crippen LogP contribution in [0.25, 0.3) is 4.96 Å². The first kappa shape index (κ1) is 16.2. The van der Waals surface area contributed by atoms with Crippen LogP contribution < -0.4 is 10.9 Å². The molecule has 0 fully saturated rings. The minimum atomic E-state index is -4.58. The van der Waals surface area contributed by atoms with Crippen LogP contribution in [0.1, 0.15) is 11.3 Å². The molecule has 6 nitrogen and oxygen atoms in total. The van der Waals surface area contributed by atoms with Gasteiger partial charge in [-0.25, -0.2) is 4.98 Å². The molecule has 0 bridgehead atoms. The van der Waals surface area contributed by atoms with Gasteiger partial charge in [-0.1, -0.05) is 0 Å². The van der Waals surface area contributed by atoms with Gasteiger partial charge in [0.2, 0.25) is 5.91 Å². The van der Waals surface area contributed by atoms with E-state index >= 15 is 0 Å². The number of rotatable bonds is 4. The monoisotopic (exact) mass is 356 g/mol. The van der Waals surface area contributed by atoms with E-state index in [1.807, 2.05) is 11.6 Å². The number of halogens is 3. The topological polar surface area (TPSA) is 68.4 Å². The van der Waals surface area contributed by atoms with Gasteiger partial charge in [-0.3, -0.25) is 14.0 Å². The SMILES string of the molecule is O=C(Cn1cc(C(F)(F)F)ccc1=O)NCc1cn2ccsc2n1. The van der Waals surface area contributed by atoms with Crippen LogP contribution in [-0.4, -0.2) is 19.9 Å². The molecule has 0 aliphatic rings. The van der Waals surface area contributed by atoms with Crippen molar-refractivity contribution in [1.29, 1.82) is 0 Å². The lowest BCUT2D eigenvalue weighted by Gasteiger charge is -2.10. The lowest BCUT2D eigenvalue weighted by Crippen LogP contribution is -2.32. The van der Waals surface area contributed by atoms with Crippen LogP contribution in [0.5, 0.6) is 0 Å². The normalized spacial score (nSPS) is 11.8. The summed E-state index contributed by atoms with van der Waals surface area (Å²) in [6, 6.07) is 1.48. The van der Waals surface area contributed by atoms with Gasteiger partial charge >= 0.3 is 6.18 Å². The number of carbonyl (C=O) groups is 1. The van der Waals surface area contributed by atoms with Crippen molar-refractivity contribution >= 4 is 22.2 Å². The average Bonchev–Trinajstić information content (AvgIpc) is 3.07. The molecule has 0 saturated carbocycles. The van der Waals surface area contributed by atoms with E-state index in [-0.39, 0.29) is 6.54 Å². The number of nitrogens with zero attached hydrogens (tertiary/aromatic N) is 3. The molecule has 0 spiro atoms. The zero-order chi connectivity index (χ0) is 17.3. The summed E-state index contributed by atoms with van der Waals surface area (Å²) < 4.78 is 40.5. The fourth-order valence-corrected chi connectivity index (χ4v) is 2.80. The molecule has 3 heterocycles. The van der Waals surface area contributed by atoms with E-state index in [0.29, 0.717) is 18.0 Å². The molecule has 24 heavy (non-hydrogen) atoms. The van der Waals surface area contributed by atoms with Crippen molar-refractivity contribution in [2.75, 3.05) is 0 Å². The number of alkyl halides is 3. The smallest absolute Gasteiger partial charge is 0.349 e. The van der Waals surface area contributed by atoms with Crippen molar-refractivity contribution in [2.24, 2.45) is 0 Å². The number of nitrogens with one attached hydrogen (secondary N) is 1. The van der Waals surface area contributed by atoms with E-state index in [4.69, 9.17) is 0 Å². The second-order valence-electron chi connectivity index (χ2n) is 4.98. The van der Waals surface area contributed by atoms with Gasteiger partial charge in [0.05, 0.1) is 17.8 Å². The maximum absolute atomic E-state index is 12.7. The van der Waals surface area contributed by atoms with Crippen molar-refractivity contribution in [3.63, 3.8) is 0 Å². The Morgan fingerprint density at radius 2 is 2.08 bits per heavy atom. The third kappa shape index (κ3) is 3.48. The predicted octanol–water partition coefficient (Wildman–Crippen LogP) is 1.89. The van der Waals surface area contributed by atoms with Crippen molar-refractivity contribution in [1.82, 2.24) is 19.3 Å². The summed E-state index contributed by atoms with van der Waals surface area (Å²) in [5.41, 5.74) is -1.04. The van der Waals surface area contributed by atoms with Gasteiger partial charge in [0.25, 0.3) is 5.56 Å². The summed E-state index contributed by atoms with van der Waals surface area (Å²) in [6.45, 7) is -0.369. The number of fused-ring (bicyclic) bond motifs is 1. The molecule has 0 atom stereocenters. The second kappa shape index (κ2) is 6.11. The Labute approximate surface area is 137 Å². The molecular formula is C14H11F3N4O2S. The summed E-state index contributed by atoms with van der Waals surface area (Å²) in [7, 11) is 0. The standard InChI is InChI=1S/C14H11F3N4O2S/c15-14(16,17)9-1-2-12(23)21(6-9)8-11(22)18-5-10-7-20-3-4-24-13(20)19-10/h1-4,6-7H,5,8H2,(H,18,22). The Morgan fingerprint density at radius 1 is 1.29 bits per heavy atom. The average molecular weight is 356 g/mol. The molecule has 0 radical (unpaired) electrons. The maximum atomic E-state index is 12.7. The molecule has 1 amide bonds. The van der Waals surface area contributed by atoms with Crippen LogP contribution in [0.3, 0.4) is 0 Å². The van der Waals surface area contributed by atoms with Gasteiger partial charge in [-0.15, -0.1) is 11.3 Å². The summed E-state index contributed by atoms with van der Waals surface area (Å²) >= 11 is 1.44. The van der Waals surface area contributed by atoms with E-state index in [1.165, 1.54) is 11.3 Å². The van der Waals surface area contributed by atoms with Crippen molar-refractivity contribution in [3.05, 3.63) is 57.7 Å². The third-order valence-corrected chi connectivity index (χ3v) is 4.01. The molecule has 3 aromatic heterocycles. The minimum Gasteiger partial charge on any atom is -0.349 e. The van der Waals surface area contributed by atoms with Crippen LogP contribution >= 0.6 is 11.3 Å². The molecule has 0 aliphatic heterocycles. The zero-order valence-corrected chi connectivity index (χ0v) is 12.9. The Balaban J connectivity index is 1.66. The largest absolute Gasteiger partial charge is 0.417 e. The van der Waals surface area contributed by atoms with E-state index in [1.54, 1.807) is 10.6 Å². The lowest BCUT2D eigenvalue weighted by atomic mass is 10.3. The quantitative estimate of drug-likeness (QED) is 0.776. The number of amides is 1. The van der Waals surface area contributed by atoms with E-state index < -0.39 is 29.8 Å². The Morgan fingerprint density at radius 3 is 2.79 bits per heavy atom. The predicted molar refractivity (Wildman–Crippen MR) is 80.6 cm³/mol. The highest BCUT2D eigenvalue weighted by molar-refractivity contribution is 7.15. The van der Waals surface area contributed by atoms with E-state index in [2.05, 4.69) is 10.3 Å². The van der Waals surface area contributed by atoms with E-state index in [0.717, 1.165) is 15.6 Å². The first-order valence-electron chi connectivity index (χ1n) is 6.78. The molecule has 1 N–H and O–H groups in total. The van der Waals surface area contributed by atoms with Gasteiger partial charge in [-0.2, -0.15) is 13.2 Å². The number of imidazole rings is 1. The number of pyridine rings is 1. The first-order valence-corrected chi connectivity index (χ1v) is 7.66. The van der Waals surface area contributed by atoms with Gasteiger partial charge in [0.15, 0.2) is 4.96 Å². The Bertz CT molecular complexity index is 913. The first-order chi connectivity index (χ1) is 11.3. The van der Waals surface area contributed by atoms with Crippen LogP contribution in [0, 0.1) is 0 Å². The Hall–Kier alpha value is -2.62. The summed E-state index contributed by atoms with van der Waals surface area (Å²) in [6.07, 6.45) is -0.383. The van der Waals surface area contributed by atoms with Crippen LogP contribution in [-0.2, 0) is 24.1 Å². The fraction of sp³-hybridized carbons (Fsp3) is 0.214. The van der Waals surface area contributed by atoms with Crippen molar-refractivity contribution < 1.29 is 18.0 Å². The molecule has 0 aromatic carbocycles. The molecule has 3 aromatic rings. The molecule has 0 unspecified atom stereocenters.